The molecule has 2 unspecified atom stereocenters. The predicted octanol–water partition coefficient (Wildman–Crippen LogP) is 6.60. The standard InChI is InChI=1S/C23H35NO2/c1-15(2)23(8)21(6)13-17(14-22(21,23)7)16-9-11-18(12-10-16)24-19(25)26-20(3,4)5/h9-12,15,17H,13-14H2,1-8H3,(H,24,25). The van der Waals surface area contributed by atoms with Gasteiger partial charge in [-0.2, -0.15) is 0 Å². The van der Waals surface area contributed by atoms with E-state index in [9.17, 15) is 4.79 Å². The third-order valence-corrected chi connectivity index (χ3v) is 7.94. The van der Waals surface area contributed by atoms with E-state index in [1.54, 1.807) is 0 Å². The van der Waals surface area contributed by atoms with Gasteiger partial charge < -0.3 is 4.74 Å². The van der Waals surface area contributed by atoms with Crippen LogP contribution in [0, 0.1) is 22.2 Å². The maximum Gasteiger partial charge on any atom is 0.412 e. The highest BCUT2D eigenvalue weighted by atomic mass is 16.6. The fourth-order valence-electron chi connectivity index (χ4n) is 6.05. The predicted molar refractivity (Wildman–Crippen MR) is 107 cm³/mol. The molecule has 0 spiro atoms. The van der Waals surface area contributed by atoms with Crippen LogP contribution in [0.2, 0.25) is 0 Å². The van der Waals surface area contributed by atoms with E-state index in [2.05, 4.69) is 52.1 Å². The van der Waals surface area contributed by atoms with Crippen molar-refractivity contribution in [1.82, 2.24) is 0 Å². The van der Waals surface area contributed by atoms with Crippen LogP contribution in [0.5, 0.6) is 0 Å². The molecule has 144 valence electrons. The molecule has 0 aliphatic heterocycles. The lowest BCUT2D eigenvalue weighted by molar-refractivity contribution is 0.0636. The average Bonchev–Trinajstić information content (AvgIpc) is 2.73. The van der Waals surface area contributed by atoms with Crippen molar-refractivity contribution in [2.24, 2.45) is 22.2 Å². The Labute approximate surface area is 158 Å². The summed E-state index contributed by atoms with van der Waals surface area (Å²) in [5.74, 6) is 1.34. The van der Waals surface area contributed by atoms with Gasteiger partial charge in [0.25, 0.3) is 0 Å². The molecule has 3 nitrogen and oxygen atoms in total. The number of carbonyl (C=O) groups excluding carboxylic acids is 1. The number of carbonyl (C=O) groups is 1. The molecular weight excluding hydrogens is 322 g/mol. The second-order valence-electron chi connectivity index (χ2n) is 10.4. The van der Waals surface area contributed by atoms with Crippen LogP contribution in [0.15, 0.2) is 24.3 Å². The Balaban J connectivity index is 1.66. The molecule has 0 bridgehead atoms. The Bertz CT molecular complexity index is 682. The monoisotopic (exact) mass is 357 g/mol. The first-order valence-electron chi connectivity index (χ1n) is 9.94. The van der Waals surface area contributed by atoms with Gasteiger partial charge in [0.15, 0.2) is 0 Å². The van der Waals surface area contributed by atoms with Crippen molar-refractivity contribution in [3.05, 3.63) is 29.8 Å². The number of amides is 1. The van der Waals surface area contributed by atoms with Gasteiger partial charge in [-0.3, -0.25) is 5.32 Å². The molecule has 3 heteroatoms. The molecule has 26 heavy (non-hydrogen) atoms. The quantitative estimate of drug-likeness (QED) is 0.662. The number of nitrogens with one attached hydrogen (secondary N) is 1. The van der Waals surface area contributed by atoms with Crippen LogP contribution in [0.25, 0.3) is 0 Å². The van der Waals surface area contributed by atoms with E-state index in [1.807, 2.05) is 32.9 Å². The molecule has 1 amide bonds. The van der Waals surface area contributed by atoms with Crippen molar-refractivity contribution in [3.63, 3.8) is 0 Å². The highest BCUT2D eigenvalue weighted by Gasteiger charge is 2.82. The Morgan fingerprint density at radius 2 is 1.58 bits per heavy atom. The van der Waals surface area contributed by atoms with Crippen LogP contribution in [0.3, 0.4) is 0 Å². The second-order valence-corrected chi connectivity index (χ2v) is 10.4. The lowest BCUT2D eigenvalue weighted by atomic mass is 9.75. The molecule has 1 aromatic carbocycles. The summed E-state index contributed by atoms with van der Waals surface area (Å²) in [6, 6.07) is 8.33. The fourth-order valence-corrected chi connectivity index (χ4v) is 6.05. The van der Waals surface area contributed by atoms with Gasteiger partial charge in [0, 0.05) is 5.69 Å². The minimum atomic E-state index is -0.483. The van der Waals surface area contributed by atoms with Gasteiger partial charge in [-0.1, -0.05) is 46.8 Å². The van der Waals surface area contributed by atoms with Crippen molar-refractivity contribution in [3.8, 4) is 0 Å². The number of ether oxygens (including phenoxy) is 1. The number of fused-ring (bicyclic) bond motifs is 1. The minimum Gasteiger partial charge on any atom is -0.444 e. The summed E-state index contributed by atoms with van der Waals surface area (Å²) in [5.41, 5.74) is 3.02. The van der Waals surface area contributed by atoms with Crippen molar-refractivity contribution in [2.45, 2.75) is 79.8 Å². The molecule has 3 rings (SSSR count). The summed E-state index contributed by atoms with van der Waals surface area (Å²) in [4.78, 5) is 11.9. The summed E-state index contributed by atoms with van der Waals surface area (Å²) < 4.78 is 5.31. The molecule has 2 saturated carbocycles. The Morgan fingerprint density at radius 1 is 1.08 bits per heavy atom. The third-order valence-electron chi connectivity index (χ3n) is 7.94. The van der Waals surface area contributed by atoms with E-state index in [1.165, 1.54) is 18.4 Å². The fraction of sp³-hybridized carbons (Fsp3) is 0.696. The summed E-state index contributed by atoms with van der Waals surface area (Å²) >= 11 is 0. The van der Waals surface area contributed by atoms with E-state index < -0.39 is 11.7 Å². The van der Waals surface area contributed by atoms with Gasteiger partial charge >= 0.3 is 6.09 Å². The first kappa shape index (κ1) is 19.3. The Hall–Kier alpha value is -1.51. The maximum absolute atomic E-state index is 11.9. The van der Waals surface area contributed by atoms with Crippen LogP contribution in [-0.2, 0) is 4.74 Å². The largest absolute Gasteiger partial charge is 0.444 e. The van der Waals surface area contributed by atoms with Crippen LogP contribution < -0.4 is 5.32 Å². The Kier molecular flexibility index (Phi) is 4.25. The van der Waals surface area contributed by atoms with Gasteiger partial charge in [-0.25, -0.2) is 4.79 Å². The van der Waals surface area contributed by atoms with Gasteiger partial charge in [-0.15, -0.1) is 0 Å². The highest BCUT2D eigenvalue weighted by Crippen LogP contribution is 2.89. The van der Waals surface area contributed by atoms with Crippen molar-refractivity contribution in [2.75, 3.05) is 5.32 Å². The van der Waals surface area contributed by atoms with Crippen molar-refractivity contribution < 1.29 is 9.53 Å². The van der Waals surface area contributed by atoms with Crippen molar-refractivity contribution >= 4 is 11.8 Å². The molecule has 0 heterocycles. The lowest BCUT2D eigenvalue weighted by Gasteiger charge is -2.29. The number of anilines is 1. The minimum absolute atomic E-state index is 0.403. The number of benzene rings is 1. The highest BCUT2D eigenvalue weighted by molar-refractivity contribution is 5.84. The van der Waals surface area contributed by atoms with E-state index in [-0.39, 0.29) is 0 Å². The summed E-state index contributed by atoms with van der Waals surface area (Å²) in [5, 5.41) is 2.82. The van der Waals surface area contributed by atoms with Crippen LogP contribution in [-0.4, -0.2) is 11.7 Å². The zero-order valence-corrected chi connectivity index (χ0v) is 17.7. The smallest absolute Gasteiger partial charge is 0.412 e. The molecule has 2 aliphatic rings. The van der Waals surface area contributed by atoms with Gasteiger partial charge in [0.05, 0.1) is 0 Å². The van der Waals surface area contributed by atoms with E-state index in [4.69, 9.17) is 4.74 Å². The molecule has 0 saturated heterocycles. The third kappa shape index (κ3) is 2.66. The van der Waals surface area contributed by atoms with Crippen LogP contribution >= 0.6 is 0 Å². The molecule has 1 N–H and O–H groups in total. The van der Waals surface area contributed by atoms with Crippen LogP contribution in [0.4, 0.5) is 10.5 Å². The van der Waals surface area contributed by atoms with Gasteiger partial charge in [-0.05, 0) is 79.4 Å². The molecule has 2 aliphatic carbocycles. The summed E-state index contributed by atoms with van der Waals surface area (Å²) in [6.45, 7) is 17.8. The lowest BCUT2D eigenvalue weighted by Crippen LogP contribution is -2.27. The SMILES string of the molecule is CC(C)C1(C)C2(C)CC(c3ccc(NC(=O)OC(C)(C)C)cc3)CC21C. The first-order valence-corrected chi connectivity index (χ1v) is 9.94. The molecule has 0 radical (unpaired) electrons. The summed E-state index contributed by atoms with van der Waals surface area (Å²) in [6.07, 6.45) is 2.12. The zero-order chi connectivity index (χ0) is 19.5. The van der Waals surface area contributed by atoms with Gasteiger partial charge in [0.1, 0.15) is 5.60 Å². The van der Waals surface area contributed by atoms with E-state index in [0.717, 1.165) is 11.6 Å². The summed E-state index contributed by atoms with van der Waals surface area (Å²) in [7, 11) is 0. The molecule has 1 aromatic rings. The Morgan fingerprint density at radius 3 is 2.00 bits per heavy atom. The average molecular weight is 358 g/mol. The number of rotatable bonds is 3. The number of hydrogen-bond donors (Lipinski definition) is 1. The van der Waals surface area contributed by atoms with E-state index in [0.29, 0.717) is 22.2 Å². The molecule has 2 fully saturated rings. The van der Waals surface area contributed by atoms with E-state index >= 15 is 0 Å². The molecule has 0 aromatic heterocycles. The van der Waals surface area contributed by atoms with Crippen molar-refractivity contribution in [1.29, 1.82) is 0 Å². The normalized spacial score (nSPS) is 36.0. The molecular formula is C23H35NO2. The number of hydrogen-bond acceptors (Lipinski definition) is 2. The first-order chi connectivity index (χ1) is 11.8. The topological polar surface area (TPSA) is 38.3 Å². The van der Waals surface area contributed by atoms with Gasteiger partial charge in [0.2, 0.25) is 0 Å². The second kappa shape index (κ2) is 5.74. The van der Waals surface area contributed by atoms with Crippen LogP contribution in [0.1, 0.15) is 79.7 Å². The zero-order valence-electron chi connectivity index (χ0n) is 17.7. The molecule has 2 atom stereocenters. The maximum atomic E-state index is 11.9.